The summed E-state index contributed by atoms with van der Waals surface area (Å²) >= 11 is 0. The number of carbonyl (C=O) groups excluding carboxylic acids is 1. The fourth-order valence-electron chi connectivity index (χ4n) is 3.60. The predicted molar refractivity (Wildman–Crippen MR) is 110 cm³/mol. The van der Waals surface area contributed by atoms with Crippen LogP contribution in [0, 0.1) is 0 Å². The number of ether oxygens (including phenoxy) is 1. The minimum atomic E-state index is -0.248. The number of fused-ring (bicyclic) bond motifs is 1. The zero-order valence-electron chi connectivity index (χ0n) is 16.2. The van der Waals surface area contributed by atoms with Crippen molar-refractivity contribution in [3.63, 3.8) is 0 Å². The van der Waals surface area contributed by atoms with Crippen LogP contribution in [0.5, 0.6) is 0 Å². The molecule has 29 heavy (non-hydrogen) atoms. The number of hydrogen-bond donors (Lipinski definition) is 2. The van der Waals surface area contributed by atoms with E-state index < -0.39 is 0 Å². The predicted octanol–water partition coefficient (Wildman–Crippen LogP) is 1.61. The third-order valence-corrected chi connectivity index (χ3v) is 5.20. The zero-order chi connectivity index (χ0) is 20.1. The quantitative estimate of drug-likeness (QED) is 0.666. The van der Waals surface area contributed by atoms with Crippen molar-refractivity contribution in [2.75, 3.05) is 26.3 Å². The summed E-state index contributed by atoms with van der Waals surface area (Å²) in [4.78, 5) is 26.8. The van der Waals surface area contributed by atoms with Gasteiger partial charge in [-0.15, -0.1) is 0 Å². The average Bonchev–Trinajstić information content (AvgIpc) is 2.76. The molecule has 0 aliphatic carbocycles. The summed E-state index contributed by atoms with van der Waals surface area (Å²) < 4.78 is 5.41. The summed E-state index contributed by atoms with van der Waals surface area (Å²) in [5.41, 5.74) is 2.63. The van der Waals surface area contributed by atoms with Gasteiger partial charge in [0.25, 0.3) is 5.56 Å². The molecule has 0 bridgehead atoms. The minimum absolute atomic E-state index is 0.114. The van der Waals surface area contributed by atoms with Crippen molar-refractivity contribution in [2.24, 2.45) is 0 Å². The van der Waals surface area contributed by atoms with E-state index >= 15 is 0 Å². The maximum absolute atomic E-state index is 12.5. The smallest absolute Gasteiger partial charge is 0.272 e. The van der Waals surface area contributed by atoms with Gasteiger partial charge in [0, 0.05) is 31.6 Å². The van der Waals surface area contributed by atoms with Gasteiger partial charge in [-0.1, -0.05) is 42.5 Å². The van der Waals surface area contributed by atoms with Crippen LogP contribution in [0.4, 0.5) is 0 Å². The molecule has 150 valence electrons. The molecule has 1 aliphatic heterocycles. The summed E-state index contributed by atoms with van der Waals surface area (Å²) in [6.45, 7) is 4.68. The fraction of sp³-hybridized carbons (Fsp3) is 0.318. The largest absolute Gasteiger partial charge is 0.379 e. The number of amides is 1. The first-order valence-electron chi connectivity index (χ1n) is 9.80. The highest BCUT2D eigenvalue weighted by Crippen LogP contribution is 2.14. The van der Waals surface area contributed by atoms with Gasteiger partial charge in [-0.25, -0.2) is 5.10 Å². The Morgan fingerprint density at radius 1 is 1.03 bits per heavy atom. The number of hydrogen-bond acceptors (Lipinski definition) is 5. The van der Waals surface area contributed by atoms with Crippen molar-refractivity contribution < 1.29 is 9.53 Å². The summed E-state index contributed by atoms with van der Waals surface area (Å²) in [6.07, 6.45) is 0.114. The summed E-state index contributed by atoms with van der Waals surface area (Å²) in [6, 6.07) is 15.4. The molecule has 7 heteroatoms. The molecule has 0 saturated carbocycles. The summed E-state index contributed by atoms with van der Waals surface area (Å²) in [5, 5.41) is 10.8. The molecule has 1 saturated heterocycles. The van der Waals surface area contributed by atoms with E-state index in [2.05, 4.69) is 26.5 Å². The second-order valence-electron chi connectivity index (χ2n) is 7.16. The monoisotopic (exact) mass is 392 g/mol. The van der Waals surface area contributed by atoms with Crippen molar-refractivity contribution >= 4 is 16.7 Å². The van der Waals surface area contributed by atoms with Crippen molar-refractivity contribution in [3.8, 4) is 0 Å². The Morgan fingerprint density at radius 2 is 1.72 bits per heavy atom. The highest BCUT2D eigenvalue weighted by Gasteiger charge is 2.14. The number of benzene rings is 2. The molecule has 3 aromatic rings. The number of morpholine rings is 1. The van der Waals surface area contributed by atoms with Crippen LogP contribution in [0.15, 0.2) is 53.3 Å². The molecule has 4 rings (SSSR count). The third-order valence-electron chi connectivity index (χ3n) is 5.20. The Bertz CT molecular complexity index is 1060. The third kappa shape index (κ3) is 4.70. The number of nitrogens with one attached hydrogen (secondary N) is 2. The van der Waals surface area contributed by atoms with E-state index in [1.165, 1.54) is 5.56 Å². The molecule has 2 aromatic carbocycles. The van der Waals surface area contributed by atoms with Crippen molar-refractivity contribution in [1.82, 2.24) is 20.4 Å². The van der Waals surface area contributed by atoms with Gasteiger partial charge in [0.2, 0.25) is 5.91 Å². The summed E-state index contributed by atoms with van der Waals surface area (Å²) in [5.74, 6) is -0.129. The zero-order valence-corrected chi connectivity index (χ0v) is 16.2. The highest BCUT2D eigenvalue weighted by molar-refractivity contribution is 5.88. The molecule has 2 heterocycles. The lowest BCUT2D eigenvalue weighted by atomic mass is 10.1. The van der Waals surface area contributed by atoms with E-state index in [4.69, 9.17) is 4.74 Å². The number of carbonyl (C=O) groups is 1. The van der Waals surface area contributed by atoms with Crippen molar-refractivity contribution in [2.45, 2.75) is 19.5 Å². The Balaban J connectivity index is 1.42. The molecule has 0 spiro atoms. The molecule has 0 radical (unpaired) electrons. The average molecular weight is 392 g/mol. The summed E-state index contributed by atoms with van der Waals surface area (Å²) in [7, 11) is 0. The maximum Gasteiger partial charge on any atom is 0.272 e. The van der Waals surface area contributed by atoms with Gasteiger partial charge in [0.05, 0.1) is 30.7 Å². The molecule has 2 N–H and O–H groups in total. The van der Waals surface area contributed by atoms with Crippen LogP contribution in [0.2, 0.25) is 0 Å². The van der Waals surface area contributed by atoms with Crippen LogP contribution in [0.25, 0.3) is 10.8 Å². The standard InChI is InChI=1S/C22H24N4O3/c27-21(13-20-18-7-3-4-8-19(18)22(28)25-24-20)23-14-16-5-1-2-6-17(16)15-26-9-11-29-12-10-26/h1-8H,9-15H2,(H,23,27)(H,25,28). The lowest BCUT2D eigenvalue weighted by Gasteiger charge is -2.27. The number of nitrogens with zero attached hydrogens (tertiary/aromatic N) is 2. The van der Waals surface area contributed by atoms with E-state index in [1.54, 1.807) is 12.1 Å². The van der Waals surface area contributed by atoms with E-state index in [1.807, 2.05) is 30.3 Å². The van der Waals surface area contributed by atoms with Crippen LogP contribution in [-0.2, 0) is 29.0 Å². The SMILES string of the molecule is O=C(Cc1n[nH]c(=O)c2ccccc12)NCc1ccccc1CN1CCOCC1. The van der Waals surface area contributed by atoms with Crippen LogP contribution in [-0.4, -0.2) is 47.3 Å². The molecular formula is C22H24N4O3. The van der Waals surface area contributed by atoms with Crippen LogP contribution in [0.3, 0.4) is 0 Å². The van der Waals surface area contributed by atoms with E-state index in [0.717, 1.165) is 38.4 Å². The van der Waals surface area contributed by atoms with Gasteiger partial charge in [-0.05, 0) is 17.2 Å². The van der Waals surface area contributed by atoms with Crippen LogP contribution >= 0.6 is 0 Å². The van der Waals surface area contributed by atoms with Gasteiger partial charge in [-0.3, -0.25) is 14.5 Å². The van der Waals surface area contributed by atoms with E-state index in [-0.39, 0.29) is 17.9 Å². The number of aromatic amines is 1. The number of rotatable bonds is 6. The van der Waals surface area contributed by atoms with Gasteiger partial charge < -0.3 is 10.1 Å². The number of H-pyrrole nitrogens is 1. The molecule has 1 amide bonds. The highest BCUT2D eigenvalue weighted by atomic mass is 16.5. The Kier molecular flexibility index (Phi) is 5.97. The van der Waals surface area contributed by atoms with E-state index in [0.29, 0.717) is 23.0 Å². The van der Waals surface area contributed by atoms with Crippen molar-refractivity contribution in [3.05, 3.63) is 75.7 Å². The molecule has 1 fully saturated rings. The molecule has 1 aromatic heterocycles. The minimum Gasteiger partial charge on any atom is -0.379 e. The molecule has 0 unspecified atom stereocenters. The van der Waals surface area contributed by atoms with Gasteiger partial charge in [-0.2, -0.15) is 5.10 Å². The fourth-order valence-corrected chi connectivity index (χ4v) is 3.60. The number of aromatic nitrogens is 2. The first-order chi connectivity index (χ1) is 14.2. The Labute approximate surface area is 168 Å². The molecule has 1 aliphatic rings. The molecular weight excluding hydrogens is 368 g/mol. The first kappa shape index (κ1) is 19.3. The van der Waals surface area contributed by atoms with Gasteiger partial charge >= 0.3 is 0 Å². The maximum atomic E-state index is 12.5. The van der Waals surface area contributed by atoms with Gasteiger partial charge in [0.15, 0.2) is 0 Å². The lowest BCUT2D eigenvalue weighted by Crippen LogP contribution is -2.36. The van der Waals surface area contributed by atoms with Crippen LogP contribution < -0.4 is 10.9 Å². The topological polar surface area (TPSA) is 87.3 Å². The van der Waals surface area contributed by atoms with E-state index in [9.17, 15) is 9.59 Å². The van der Waals surface area contributed by atoms with Crippen LogP contribution in [0.1, 0.15) is 16.8 Å². The lowest BCUT2D eigenvalue weighted by molar-refractivity contribution is -0.120. The first-order valence-corrected chi connectivity index (χ1v) is 9.80. The molecule has 7 nitrogen and oxygen atoms in total. The second kappa shape index (κ2) is 8.98. The molecule has 0 atom stereocenters. The normalized spacial score (nSPS) is 14.8. The second-order valence-corrected chi connectivity index (χ2v) is 7.16. The Hall–Kier alpha value is -3.03. The Morgan fingerprint density at radius 3 is 2.52 bits per heavy atom. The van der Waals surface area contributed by atoms with Gasteiger partial charge in [0.1, 0.15) is 0 Å². The van der Waals surface area contributed by atoms with Crippen molar-refractivity contribution in [1.29, 1.82) is 0 Å².